The molecule has 0 radical (unpaired) electrons. The number of hydrogen-bond donors (Lipinski definition) is 1. The molecule has 0 amide bonds. The topological polar surface area (TPSA) is 77.6 Å². The molecular formula is C15H18N2O4. The summed E-state index contributed by atoms with van der Waals surface area (Å²) < 4.78 is 16.1. The minimum atomic E-state index is -0.551. The van der Waals surface area contributed by atoms with Crippen molar-refractivity contribution in [2.75, 3.05) is 7.11 Å². The van der Waals surface area contributed by atoms with Crippen LogP contribution in [0.1, 0.15) is 49.1 Å². The smallest absolute Gasteiger partial charge is 0.264 e. The molecule has 1 saturated carbocycles. The maximum absolute atomic E-state index is 9.57. The van der Waals surface area contributed by atoms with E-state index in [-0.39, 0.29) is 6.61 Å². The second kappa shape index (κ2) is 5.73. The number of aliphatic hydroxyl groups excluding tert-OH is 1. The third-order valence-electron chi connectivity index (χ3n) is 3.45. The van der Waals surface area contributed by atoms with Crippen LogP contribution in [0.2, 0.25) is 0 Å². The minimum absolute atomic E-state index is 0.199. The SMILES string of the molecule is COc1cc([C@H](C)O)ccc1OCc1nc(C2CC2)no1. The van der Waals surface area contributed by atoms with E-state index in [1.807, 2.05) is 0 Å². The Morgan fingerprint density at radius 1 is 1.38 bits per heavy atom. The van der Waals surface area contributed by atoms with Crippen molar-refractivity contribution in [1.82, 2.24) is 10.1 Å². The van der Waals surface area contributed by atoms with Gasteiger partial charge in [-0.2, -0.15) is 4.98 Å². The van der Waals surface area contributed by atoms with Crippen LogP contribution in [0.25, 0.3) is 0 Å². The van der Waals surface area contributed by atoms with Crippen molar-refractivity contribution < 1.29 is 19.1 Å². The molecule has 1 N–H and O–H groups in total. The molecule has 1 heterocycles. The first-order chi connectivity index (χ1) is 10.2. The van der Waals surface area contributed by atoms with Crippen LogP contribution in [0.15, 0.2) is 22.7 Å². The van der Waals surface area contributed by atoms with E-state index in [0.29, 0.717) is 23.3 Å². The summed E-state index contributed by atoms with van der Waals surface area (Å²) in [5.74, 6) is 2.83. The monoisotopic (exact) mass is 290 g/mol. The van der Waals surface area contributed by atoms with Crippen molar-refractivity contribution in [3.05, 3.63) is 35.5 Å². The third kappa shape index (κ3) is 3.16. The van der Waals surface area contributed by atoms with Crippen molar-refractivity contribution in [2.45, 2.75) is 38.4 Å². The summed E-state index contributed by atoms with van der Waals surface area (Å²) in [7, 11) is 1.56. The highest BCUT2D eigenvalue weighted by atomic mass is 16.5. The number of nitrogens with zero attached hydrogens (tertiary/aromatic N) is 2. The Hall–Kier alpha value is -2.08. The Labute approximate surface area is 122 Å². The van der Waals surface area contributed by atoms with Crippen LogP contribution in [0.4, 0.5) is 0 Å². The first-order valence-corrected chi connectivity index (χ1v) is 6.98. The predicted molar refractivity (Wildman–Crippen MR) is 74.2 cm³/mol. The molecule has 1 aromatic heterocycles. The highest BCUT2D eigenvalue weighted by molar-refractivity contribution is 5.43. The van der Waals surface area contributed by atoms with E-state index in [4.69, 9.17) is 14.0 Å². The van der Waals surface area contributed by atoms with Crippen molar-refractivity contribution in [3.63, 3.8) is 0 Å². The average Bonchev–Trinajstić information content (AvgIpc) is 3.24. The summed E-state index contributed by atoms with van der Waals surface area (Å²) in [6.45, 7) is 1.90. The number of aliphatic hydroxyl groups is 1. The third-order valence-corrected chi connectivity index (χ3v) is 3.45. The standard InChI is InChI=1S/C15H18N2O4/c1-9(18)11-5-6-12(13(7-11)19-2)20-8-14-16-15(17-21-14)10-3-4-10/h5-7,9-10,18H,3-4,8H2,1-2H3/t9-/m0/s1. The number of aromatic nitrogens is 2. The van der Waals surface area contributed by atoms with Crippen LogP contribution in [0.5, 0.6) is 11.5 Å². The lowest BCUT2D eigenvalue weighted by molar-refractivity contribution is 0.198. The van der Waals surface area contributed by atoms with Gasteiger partial charge in [-0.3, -0.25) is 0 Å². The van der Waals surface area contributed by atoms with Gasteiger partial charge in [0.1, 0.15) is 0 Å². The maximum atomic E-state index is 9.57. The molecular weight excluding hydrogens is 272 g/mol. The molecule has 1 aromatic carbocycles. The number of ether oxygens (including phenoxy) is 2. The van der Waals surface area contributed by atoms with Crippen molar-refractivity contribution in [1.29, 1.82) is 0 Å². The van der Waals surface area contributed by atoms with Gasteiger partial charge >= 0.3 is 0 Å². The Kier molecular flexibility index (Phi) is 3.79. The Balaban J connectivity index is 1.68. The molecule has 3 rings (SSSR count). The molecule has 0 spiro atoms. The zero-order valence-corrected chi connectivity index (χ0v) is 12.1. The highest BCUT2D eigenvalue weighted by Gasteiger charge is 2.28. The summed E-state index contributed by atoms with van der Waals surface area (Å²) in [4.78, 5) is 4.31. The number of hydrogen-bond acceptors (Lipinski definition) is 6. The molecule has 21 heavy (non-hydrogen) atoms. The largest absolute Gasteiger partial charge is 0.493 e. The zero-order chi connectivity index (χ0) is 14.8. The van der Waals surface area contributed by atoms with E-state index in [2.05, 4.69) is 10.1 Å². The van der Waals surface area contributed by atoms with E-state index in [9.17, 15) is 5.11 Å². The fraction of sp³-hybridized carbons (Fsp3) is 0.467. The zero-order valence-electron chi connectivity index (χ0n) is 12.1. The van der Waals surface area contributed by atoms with Crippen molar-refractivity contribution >= 4 is 0 Å². The Morgan fingerprint density at radius 3 is 2.86 bits per heavy atom. The van der Waals surface area contributed by atoms with Gasteiger partial charge in [0, 0.05) is 5.92 Å². The van der Waals surface area contributed by atoms with Crippen molar-refractivity contribution in [3.8, 4) is 11.5 Å². The molecule has 2 aromatic rings. The van der Waals surface area contributed by atoms with E-state index in [0.717, 1.165) is 24.2 Å². The summed E-state index contributed by atoms with van der Waals surface area (Å²) in [5, 5.41) is 13.5. The Morgan fingerprint density at radius 2 is 2.19 bits per heavy atom. The second-order valence-corrected chi connectivity index (χ2v) is 5.20. The van der Waals surface area contributed by atoms with Gasteiger partial charge in [0.25, 0.3) is 5.89 Å². The van der Waals surface area contributed by atoms with Gasteiger partial charge in [0.2, 0.25) is 0 Å². The predicted octanol–water partition coefficient (Wildman–Crippen LogP) is 2.59. The summed E-state index contributed by atoms with van der Waals surface area (Å²) in [6, 6.07) is 5.31. The van der Waals surface area contributed by atoms with Crippen LogP contribution in [0.3, 0.4) is 0 Å². The van der Waals surface area contributed by atoms with E-state index in [1.165, 1.54) is 0 Å². The first kappa shape index (κ1) is 13.9. The van der Waals surface area contributed by atoms with Gasteiger partial charge in [-0.15, -0.1) is 0 Å². The fourth-order valence-corrected chi connectivity index (χ4v) is 2.04. The molecule has 6 heteroatoms. The molecule has 0 bridgehead atoms. The lowest BCUT2D eigenvalue weighted by Gasteiger charge is -2.12. The quantitative estimate of drug-likeness (QED) is 0.881. The minimum Gasteiger partial charge on any atom is -0.493 e. The molecule has 1 fully saturated rings. The lowest BCUT2D eigenvalue weighted by Crippen LogP contribution is -2.00. The molecule has 6 nitrogen and oxygen atoms in total. The van der Waals surface area contributed by atoms with Gasteiger partial charge in [-0.25, -0.2) is 0 Å². The molecule has 1 aliphatic carbocycles. The summed E-state index contributed by atoms with van der Waals surface area (Å²) >= 11 is 0. The van der Waals surface area contributed by atoms with E-state index in [1.54, 1.807) is 32.2 Å². The molecule has 0 aliphatic heterocycles. The van der Waals surface area contributed by atoms with Gasteiger partial charge in [-0.1, -0.05) is 11.2 Å². The molecule has 112 valence electrons. The van der Waals surface area contributed by atoms with Crippen molar-refractivity contribution in [2.24, 2.45) is 0 Å². The van der Waals surface area contributed by atoms with Crippen LogP contribution < -0.4 is 9.47 Å². The van der Waals surface area contributed by atoms with Crippen LogP contribution >= 0.6 is 0 Å². The molecule has 1 aliphatic rings. The Bertz CT molecular complexity index is 620. The van der Waals surface area contributed by atoms with E-state index >= 15 is 0 Å². The number of rotatable bonds is 6. The first-order valence-electron chi connectivity index (χ1n) is 6.98. The second-order valence-electron chi connectivity index (χ2n) is 5.20. The van der Waals surface area contributed by atoms with Gasteiger partial charge in [-0.05, 0) is 37.5 Å². The molecule has 1 atom stereocenters. The highest BCUT2D eigenvalue weighted by Crippen LogP contribution is 2.38. The van der Waals surface area contributed by atoms with Crippen LogP contribution in [0, 0.1) is 0 Å². The fourth-order valence-electron chi connectivity index (χ4n) is 2.04. The van der Waals surface area contributed by atoms with E-state index < -0.39 is 6.10 Å². The summed E-state index contributed by atoms with van der Waals surface area (Å²) in [6.07, 6.45) is 1.72. The number of benzene rings is 1. The van der Waals surface area contributed by atoms with Crippen LogP contribution in [-0.2, 0) is 6.61 Å². The van der Waals surface area contributed by atoms with Gasteiger partial charge in [0.05, 0.1) is 13.2 Å². The lowest BCUT2D eigenvalue weighted by atomic mass is 10.1. The molecule has 0 unspecified atom stereocenters. The maximum Gasteiger partial charge on any atom is 0.264 e. The molecule has 0 saturated heterocycles. The number of methoxy groups -OCH3 is 1. The average molecular weight is 290 g/mol. The van der Waals surface area contributed by atoms with Crippen LogP contribution in [-0.4, -0.2) is 22.4 Å². The summed E-state index contributed by atoms with van der Waals surface area (Å²) in [5.41, 5.74) is 0.771. The van der Waals surface area contributed by atoms with Gasteiger partial charge in [0.15, 0.2) is 23.9 Å². The normalized spacial score (nSPS) is 15.8. The van der Waals surface area contributed by atoms with Gasteiger partial charge < -0.3 is 19.1 Å².